The van der Waals surface area contributed by atoms with E-state index in [1.165, 1.54) is 0 Å². The molecule has 0 radical (unpaired) electrons. The van der Waals surface area contributed by atoms with E-state index < -0.39 is 0 Å². The molecular weight excluding hydrogens is 254 g/mol. The van der Waals surface area contributed by atoms with E-state index >= 15 is 0 Å². The number of hydrogen-bond donors (Lipinski definition) is 1. The molecule has 0 spiro atoms. The fourth-order valence-electron chi connectivity index (χ4n) is 2.27. The van der Waals surface area contributed by atoms with Gasteiger partial charge < -0.3 is 15.1 Å². The molecule has 5 heteroatoms. The molecule has 1 N–H and O–H groups in total. The van der Waals surface area contributed by atoms with E-state index in [4.69, 9.17) is 0 Å². The summed E-state index contributed by atoms with van der Waals surface area (Å²) in [5, 5.41) is 2.82. The average molecular weight is 275 g/mol. The molecule has 0 aliphatic carbocycles. The second kappa shape index (κ2) is 6.93. The highest BCUT2D eigenvalue weighted by Gasteiger charge is 2.25. The number of amides is 3. The Balaban J connectivity index is 2.02. The molecule has 1 fully saturated rings. The van der Waals surface area contributed by atoms with E-state index in [1.807, 2.05) is 37.3 Å². The zero-order chi connectivity index (χ0) is 14.4. The molecule has 1 aromatic carbocycles. The van der Waals surface area contributed by atoms with Gasteiger partial charge in [-0.05, 0) is 25.0 Å². The summed E-state index contributed by atoms with van der Waals surface area (Å²) in [4.78, 5) is 27.6. The van der Waals surface area contributed by atoms with Crippen molar-refractivity contribution in [3.05, 3.63) is 30.3 Å². The van der Waals surface area contributed by atoms with E-state index in [2.05, 4.69) is 5.32 Å². The Labute approximate surface area is 119 Å². The van der Waals surface area contributed by atoms with Crippen LogP contribution in [-0.4, -0.2) is 43.0 Å². The van der Waals surface area contributed by atoms with Crippen LogP contribution in [0.5, 0.6) is 0 Å². The van der Waals surface area contributed by atoms with Gasteiger partial charge in [0.2, 0.25) is 5.91 Å². The van der Waals surface area contributed by atoms with Crippen LogP contribution in [0.3, 0.4) is 0 Å². The van der Waals surface area contributed by atoms with Gasteiger partial charge in [0.25, 0.3) is 0 Å². The predicted octanol–water partition coefficient (Wildman–Crippen LogP) is 1.84. The fraction of sp³-hybridized carbons (Fsp3) is 0.467. The van der Waals surface area contributed by atoms with Crippen LogP contribution in [0.1, 0.15) is 19.8 Å². The summed E-state index contributed by atoms with van der Waals surface area (Å²) in [5.74, 6) is -0.0275. The lowest BCUT2D eigenvalue weighted by Crippen LogP contribution is -2.44. The Morgan fingerprint density at radius 3 is 2.70 bits per heavy atom. The average Bonchev–Trinajstić information content (AvgIpc) is 2.67. The minimum atomic E-state index is -0.143. The number of nitrogens with one attached hydrogen (secondary N) is 1. The lowest BCUT2D eigenvalue weighted by atomic mass is 10.2. The van der Waals surface area contributed by atoms with Gasteiger partial charge in [0, 0.05) is 25.3 Å². The lowest BCUT2D eigenvalue weighted by molar-refractivity contribution is -0.118. The third kappa shape index (κ3) is 3.50. The Hall–Kier alpha value is -2.04. The van der Waals surface area contributed by atoms with Crippen molar-refractivity contribution >= 4 is 17.6 Å². The third-order valence-electron chi connectivity index (χ3n) is 3.32. The molecule has 0 unspecified atom stereocenters. The molecule has 5 nitrogen and oxygen atoms in total. The number of anilines is 1. The van der Waals surface area contributed by atoms with Gasteiger partial charge in [0.1, 0.15) is 6.54 Å². The van der Waals surface area contributed by atoms with Crippen molar-refractivity contribution in [2.24, 2.45) is 0 Å². The van der Waals surface area contributed by atoms with Crippen molar-refractivity contribution in [1.29, 1.82) is 0 Å². The first-order valence-electron chi connectivity index (χ1n) is 7.10. The molecule has 0 atom stereocenters. The highest BCUT2D eigenvalue weighted by molar-refractivity contribution is 5.96. The zero-order valence-corrected chi connectivity index (χ0v) is 11.8. The van der Waals surface area contributed by atoms with Gasteiger partial charge >= 0.3 is 6.03 Å². The molecule has 1 aromatic rings. The highest BCUT2D eigenvalue weighted by atomic mass is 16.2. The first-order chi connectivity index (χ1) is 9.72. The maximum absolute atomic E-state index is 12.3. The molecule has 3 amide bonds. The van der Waals surface area contributed by atoms with Crippen molar-refractivity contribution < 1.29 is 9.59 Å². The van der Waals surface area contributed by atoms with Crippen molar-refractivity contribution in [2.75, 3.05) is 31.1 Å². The third-order valence-corrected chi connectivity index (χ3v) is 3.32. The van der Waals surface area contributed by atoms with Crippen molar-refractivity contribution in [2.45, 2.75) is 19.8 Å². The van der Waals surface area contributed by atoms with Crippen molar-refractivity contribution in [3.63, 3.8) is 0 Å². The Kier molecular flexibility index (Phi) is 4.98. The monoisotopic (exact) mass is 275 g/mol. The Bertz CT molecular complexity index is 461. The molecule has 0 saturated carbocycles. The fourth-order valence-corrected chi connectivity index (χ4v) is 2.27. The number of carbonyl (C=O) groups is 2. The summed E-state index contributed by atoms with van der Waals surface area (Å²) in [6, 6.07) is 9.46. The number of rotatable bonds is 3. The zero-order valence-electron chi connectivity index (χ0n) is 11.8. The lowest BCUT2D eigenvalue weighted by Gasteiger charge is -2.22. The Morgan fingerprint density at radius 2 is 2.00 bits per heavy atom. The molecule has 1 heterocycles. The van der Waals surface area contributed by atoms with Crippen LogP contribution in [0.25, 0.3) is 0 Å². The summed E-state index contributed by atoms with van der Waals surface area (Å²) in [6.45, 7) is 4.06. The smallest absolute Gasteiger partial charge is 0.317 e. The van der Waals surface area contributed by atoms with Gasteiger partial charge in [-0.2, -0.15) is 0 Å². The number of hydrogen-bond acceptors (Lipinski definition) is 2. The van der Waals surface area contributed by atoms with Crippen LogP contribution in [-0.2, 0) is 4.79 Å². The molecule has 0 bridgehead atoms. The van der Waals surface area contributed by atoms with Crippen molar-refractivity contribution in [3.8, 4) is 0 Å². The summed E-state index contributed by atoms with van der Waals surface area (Å²) >= 11 is 0. The number of nitrogens with zero attached hydrogens (tertiary/aromatic N) is 2. The molecule has 108 valence electrons. The second-order valence-corrected chi connectivity index (χ2v) is 4.89. The van der Waals surface area contributed by atoms with Crippen LogP contribution < -0.4 is 10.2 Å². The van der Waals surface area contributed by atoms with E-state index in [9.17, 15) is 9.59 Å². The number of urea groups is 1. The standard InChI is InChI=1S/C15H21N3O2/c1-2-9-16-15(20)17-10-6-11-18(14(19)12-17)13-7-4-3-5-8-13/h3-5,7-8H,2,6,9-12H2,1H3,(H,16,20). The van der Waals surface area contributed by atoms with Crippen LogP contribution in [0.4, 0.5) is 10.5 Å². The Morgan fingerprint density at radius 1 is 1.25 bits per heavy atom. The summed E-state index contributed by atoms with van der Waals surface area (Å²) in [6.07, 6.45) is 1.68. The number of para-hydroxylation sites is 1. The van der Waals surface area contributed by atoms with Gasteiger partial charge in [-0.15, -0.1) is 0 Å². The summed E-state index contributed by atoms with van der Waals surface area (Å²) in [7, 11) is 0. The molecule has 20 heavy (non-hydrogen) atoms. The van der Waals surface area contributed by atoms with Gasteiger partial charge in [0.05, 0.1) is 0 Å². The normalized spacial score (nSPS) is 15.9. The van der Waals surface area contributed by atoms with Gasteiger partial charge in [-0.25, -0.2) is 4.79 Å². The topological polar surface area (TPSA) is 52.7 Å². The first-order valence-corrected chi connectivity index (χ1v) is 7.10. The van der Waals surface area contributed by atoms with Gasteiger partial charge in [-0.3, -0.25) is 4.79 Å². The van der Waals surface area contributed by atoms with E-state index in [0.717, 1.165) is 18.5 Å². The first kappa shape index (κ1) is 14.4. The molecule has 0 aromatic heterocycles. The van der Waals surface area contributed by atoms with E-state index in [1.54, 1.807) is 9.80 Å². The maximum atomic E-state index is 12.3. The maximum Gasteiger partial charge on any atom is 0.317 e. The largest absolute Gasteiger partial charge is 0.338 e. The summed E-state index contributed by atoms with van der Waals surface area (Å²) in [5.41, 5.74) is 0.897. The minimum absolute atomic E-state index is 0.0275. The number of carbonyl (C=O) groups excluding carboxylic acids is 2. The van der Waals surface area contributed by atoms with Crippen molar-refractivity contribution in [1.82, 2.24) is 10.2 Å². The predicted molar refractivity (Wildman–Crippen MR) is 78.7 cm³/mol. The van der Waals surface area contributed by atoms with Crippen LogP contribution in [0.2, 0.25) is 0 Å². The molecule has 1 aliphatic rings. The molecular formula is C15H21N3O2. The van der Waals surface area contributed by atoms with E-state index in [-0.39, 0.29) is 18.5 Å². The minimum Gasteiger partial charge on any atom is -0.338 e. The summed E-state index contributed by atoms with van der Waals surface area (Å²) < 4.78 is 0. The van der Waals surface area contributed by atoms with Gasteiger partial charge in [0.15, 0.2) is 0 Å². The molecule has 1 saturated heterocycles. The van der Waals surface area contributed by atoms with E-state index in [0.29, 0.717) is 19.6 Å². The van der Waals surface area contributed by atoms with Crippen LogP contribution >= 0.6 is 0 Å². The quantitative estimate of drug-likeness (QED) is 0.915. The molecule has 1 aliphatic heterocycles. The number of benzene rings is 1. The van der Waals surface area contributed by atoms with Crippen LogP contribution in [0, 0.1) is 0 Å². The highest BCUT2D eigenvalue weighted by Crippen LogP contribution is 2.16. The molecule has 2 rings (SSSR count). The van der Waals surface area contributed by atoms with Gasteiger partial charge in [-0.1, -0.05) is 25.1 Å². The van der Waals surface area contributed by atoms with Crippen LogP contribution in [0.15, 0.2) is 30.3 Å². The second-order valence-electron chi connectivity index (χ2n) is 4.89. The SMILES string of the molecule is CCCNC(=O)N1CCCN(c2ccccc2)C(=O)C1.